The highest BCUT2D eigenvalue weighted by Gasteiger charge is 2.19. The van der Waals surface area contributed by atoms with Gasteiger partial charge in [-0.05, 0) is 50.2 Å². The van der Waals surface area contributed by atoms with Crippen LogP contribution in [0.1, 0.15) is 43.5 Å². The Hall–Kier alpha value is -1.88. The zero-order valence-corrected chi connectivity index (χ0v) is 14.2. The number of carbonyl (C=O) groups excluding carboxylic acids is 2. The van der Waals surface area contributed by atoms with Crippen LogP contribution in [-0.4, -0.2) is 49.4 Å². The Morgan fingerprint density at radius 2 is 1.87 bits per heavy atom. The maximum absolute atomic E-state index is 12.1. The Morgan fingerprint density at radius 3 is 2.48 bits per heavy atom. The molecule has 0 radical (unpaired) electrons. The molecule has 0 saturated carbocycles. The molecule has 1 N–H and O–H groups in total. The van der Waals surface area contributed by atoms with Crippen molar-refractivity contribution >= 4 is 17.5 Å². The third kappa shape index (κ3) is 4.79. The molecule has 0 spiro atoms. The van der Waals surface area contributed by atoms with Crippen molar-refractivity contribution in [2.24, 2.45) is 0 Å². The highest BCUT2D eigenvalue weighted by molar-refractivity contribution is 5.96. The first-order chi connectivity index (χ1) is 11.2. The van der Waals surface area contributed by atoms with Crippen LogP contribution < -0.4 is 10.2 Å². The second-order valence-electron chi connectivity index (χ2n) is 5.83. The third-order valence-electron chi connectivity index (χ3n) is 4.37. The smallest absolute Gasteiger partial charge is 0.251 e. The van der Waals surface area contributed by atoms with E-state index in [1.165, 1.54) is 0 Å². The number of nitrogens with zero attached hydrogens (tertiary/aromatic N) is 2. The second-order valence-corrected chi connectivity index (χ2v) is 5.83. The van der Waals surface area contributed by atoms with Gasteiger partial charge in [0.1, 0.15) is 0 Å². The van der Waals surface area contributed by atoms with Gasteiger partial charge in [-0.1, -0.05) is 13.8 Å². The summed E-state index contributed by atoms with van der Waals surface area (Å²) in [5, 5.41) is 2.94. The summed E-state index contributed by atoms with van der Waals surface area (Å²) in [6.45, 7) is 8.49. The largest absolute Gasteiger partial charge is 0.351 e. The summed E-state index contributed by atoms with van der Waals surface area (Å²) in [6.07, 6.45) is 2.63. The first-order valence-electron chi connectivity index (χ1n) is 8.56. The summed E-state index contributed by atoms with van der Waals surface area (Å²) >= 11 is 0. The van der Waals surface area contributed by atoms with Gasteiger partial charge < -0.3 is 15.1 Å². The lowest BCUT2D eigenvalue weighted by Gasteiger charge is -2.26. The summed E-state index contributed by atoms with van der Waals surface area (Å²) in [5.74, 6) is 0.112. The molecule has 1 saturated heterocycles. The van der Waals surface area contributed by atoms with Crippen molar-refractivity contribution < 1.29 is 9.59 Å². The van der Waals surface area contributed by atoms with Crippen LogP contribution in [0.5, 0.6) is 0 Å². The van der Waals surface area contributed by atoms with Gasteiger partial charge in [-0.15, -0.1) is 0 Å². The number of likely N-dealkylation sites (N-methyl/N-ethyl adjacent to an activating group) is 1. The molecule has 2 amide bonds. The zero-order chi connectivity index (χ0) is 16.7. The second kappa shape index (κ2) is 8.67. The van der Waals surface area contributed by atoms with Crippen LogP contribution in [0, 0.1) is 0 Å². The molecule has 1 fully saturated rings. The lowest BCUT2D eigenvalue weighted by molar-refractivity contribution is -0.119. The zero-order valence-electron chi connectivity index (χ0n) is 14.2. The van der Waals surface area contributed by atoms with Gasteiger partial charge in [-0.25, -0.2) is 0 Å². The van der Waals surface area contributed by atoms with Gasteiger partial charge in [0.15, 0.2) is 0 Å². The number of benzene rings is 1. The molecule has 5 heteroatoms. The molecule has 1 aromatic rings. The number of amides is 2. The van der Waals surface area contributed by atoms with Crippen LogP contribution in [0.15, 0.2) is 24.3 Å². The Kier molecular flexibility index (Phi) is 6.59. The number of piperidine rings is 1. The van der Waals surface area contributed by atoms with Crippen LogP contribution in [0.25, 0.3) is 0 Å². The van der Waals surface area contributed by atoms with E-state index in [4.69, 9.17) is 0 Å². The number of hydrogen-bond acceptors (Lipinski definition) is 3. The van der Waals surface area contributed by atoms with E-state index < -0.39 is 0 Å². The molecular weight excluding hydrogens is 290 g/mol. The van der Waals surface area contributed by atoms with E-state index >= 15 is 0 Å². The molecule has 1 heterocycles. The van der Waals surface area contributed by atoms with Crippen molar-refractivity contribution in [1.29, 1.82) is 0 Å². The highest BCUT2D eigenvalue weighted by atomic mass is 16.2. The number of hydrogen-bond donors (Lipinski definition) is 1. The lowest BCUT2D eigenvalue weighted by Crippen LogP contribution is -2.35. The summed E-state index contributed by atoms with van der Waals surface area (Å²) in [6, 6.07) is 7.32. The molecule has 0 aromatic heterocycles. The normalized spacial score (nSPS) is 15.1. The summed E-state index contributed by atoms with van der Waals surface area (Å²) in [4.78, 5) is 28.1. The maximum atomic E-state index is 12.1. The Morgan fingerprint density at radius 1 is 1.17 bits per heavy atom. The quantitative estimate of drug-likeness (QED) is 0.839. The van der Waals surface area contributed by atoms with Crippen molar-refractivity contribution in [3.63, 3.8) is 0 Å². The Balaban J connectivity index is 1.88. The minimum Gasteiger partial charge on any atom is -0.351 e. The monoisotopic (exact) mass is 317 g/mol. The minimum absolute atomic E-state index is 0.0614. The molecule has 0 bridgehead atoms. The molecule has 5 nitrogen and oxygen atoms in total. The minimum atomic E-state index is -0.0614. The van der Waals surface area contributed by atoms with Crippen LogP contribution >= 0.6 is 0 Å². The summed E-state index contributed by atoms with van der Waals surface area (Å²) in [5.41, 5.74) is 1.52. The average Bonchev–Trinajstić information content (AvgIpc) is 2.59. The van der Waals surface area contributed by atoms with Gasteiger partial charge in [0, 0.05) is 37.3 Å². The predicted octanol–water partition coefficient (Wildman–Crippen LogP) is 2.28. The summed E-state index contributed by atoms with van der Waals surface area (Å²) in [7, 11) is 0. The van der Waals surface area contributed by atoms with Crippen LogP contribution in [-0.2, 0) is 4.79 Å². The van der Waals surface area contributed by atoms with Crippen molar-refractivity contribution in [1.82, 2.24) is 10.2 Å². The van der Waals surface area contributed by atoms with Crippen LogP contribution in [0.3, 0.4) is 0 Å². The molecular formula is C18H27N3O2. The number of nitrogens with one attached hydrogen (secondary N) is 1. The highest BCUT2D eigenvalue weighted by Crippen LogP contribution is 2.21. The van der Waals surface area contributed by atoms with E-state index in [-0.39, 0.29) is 11.8 Å². The molecule has 1 aromatic carbocycles. The van der Waals surface area contributed by atoms with Crippen molar-refractivity contribution in [2.45, 2.75) is 33.1 Å². The van der Waals surface area contributed by atoms with Crippen molar-refractivity contribution in [3.8, 4) is 0 Å². The first-order valence-corrected chi connectivity index (χ1v) is 8.56. The molecule has 0 aliphatic carbocycles. The molecule has 0 unspecified atom stereocenters. The van der Waals surface area contributed by atoms with E-state index in [0.717, 1.165) is 44.7 Å². The number of anilines is 1. The SMILES string of the molecule is CCN(CC)CCNC(=O)c1ccc(N2CCCCC2=O)cc1. The van der Waals surface area contributed by atoms with Crippen molar-refractivity contribution in [2.75, 3.05) is 37.6 Å². The first kappa shape index (κ1) is 17.5. The van der Waals surface area contributed by atoms with E-state index in [1.807, 2.05) is 17.0 Å². The average molecular weight is 317 g/mol. The van der Waals surface area contributed by atoms with Crippen molar-refractivity contribution in [3.05, 3.63) is 29.8 Å². The standard InChI is InChI=1S/C18H27N3O2/c1-3-20(4-2)14-12-19-18(23)15-8-10-16(11-9-15)21-13-6-5-7-17(21)22/h8-11H,3-7,12-14H2,1-2H3,(H,19,23). The molecule has 1 aliphatic rings. The molecule has 0 atom stereocenters. The van der Waals surface area contributed by atoms with Gasteiger partial charge in [0.25, 0.3) is 5.91 Å². The van der Waals surface area contributed by atoms with E-state index in [9.17, 15) is 9.59 Å². The van der Waals surface area contributed by atoms with Gasteiger partial charge in [0.2, 0.25) is 5.91 Å². The maximum Gasteiger partial charge on any atom is 0.251 e. The third-order valence-corrected chi connectivity index (χ3v) is 4.37. The van der Waals surface area contributed by atoms with E-state index in [1.54, 1.807) is 12.1 Å². The number of carbonyl (C=O) groups is 2. The fourth-order valence-electron chi connectivity index (χ4n) is 2.84. The Bertz CT molecular complexity index is 524. The van der Waals surface area contributed by atoms with Gasteiger partial charge in [-0.2, -0.15) is 0 Å². The van der Waals surface area contributed by atoms with Gasteiger partial charge in [0.05, 0.1) is 0 Å². The Labute approximate surface area is 138 Å². The fourth-order valence-corrected chi connectivity index (χ4v) is 2.84. The van der Waals surface area contributed by atoms with Crippen LogP contribution in [0.4, 0.5) is 5.69 Å². The number of rotatable bonds is 7. The topological polar surface area (TPSA) is 52.7 Å². The van der Waals surface area contributed by atoms with Gasteiger partial charge >= 0.3 is 0 Å². The van der Waals surface area contributed by atoms with Crippen LogP contribution in [0.2, 0.25) is 0 Å². The fraction of sp³-hybridized carbons (Fsp3) is 0.556. The molecule has 23 heavy (non-hydrogen) atoms. The predicted molar refractivity (Wildman–Crippen MR) is 92.8 cm³/mol. The molecule has 1 aliphatic heterocycles. The summed E-state index contributed by atoms with van der Waals surface area (Å²) < 4.78 is 0. The molecule has 2 rings (SSSR count). The van der Waals surface area contributed by atoms with E-state index in [0.29, 0.717) is 18.5 Å². The van der Waals surface area contributed by atoms with E-state index in [2.05, 4.69) is 24.1 Å². The lowest BCUT2D eigenvalue weighted by atomic mass is 10.1. The molecule has 126 valence electrons. The van der Waals surface area contributed by atoms with Gasteiger partial charge in [-0.3, -0.25) is 9.59 Å².